The molecule has 6 heteroatoms. The molecule has 134 valence electrons. The Bertz CT molecular complexity index is 825. The molecule has 2 heterocycles. The quantitative estimate of drug-likeness (QED) is 0.759. The van der Waals surface area contributed by atoms with Gasteiger partial charge in [-0.2, -0.15) is 0 Å². The second kappa shape index (κ2) is 8.16. The van der Waals surface area contributed by atoms with Gasteiger partial charge in [0.1, 0.15) is 0 Å². The monoisotopic (exact) mass is 342 g/mol. The molecule has 0 amide bonds. The van der Waals surface area contributed by atoms with Crippen LogP contribution < -0.4 is 15.2 Å². The van der Waals surface area contributed by atoms with E-state index in [1.165, 1.54) is 32.1 Å². The lowest BCUT2D eigenvalue weighted by Crippen LogP contribution is -2.16. The molecule has 0 atom stereocenters. The fraction of sp³-hybridized carbons (Fsp3) is 0.474. The number of rotatable bonds is 3. The van der Waals surface area contributed by atoms with Gasteiger partial charge in [-0.05, 0) is 31.4 Å². The molecule has 25 heavy (non-hydrogen) atoms. The highest BCUT2D eigenvalue weighted by atomic mass is 16.5. The molecule has 2 aromatic heterocycles. The van der Waals surface area contributed by atoms with Crippen LogP contribution >= 0.6 is 0 Å². The van der Waals surface area contributed by atoms with Gasteiger partial charge < -0.3 is 20.2 Å². The van der Waals surface area contributed by atoms with Crippen molar-refractivity contribution in [2.45, 2.75) is 32.1 Å². The Labute approximate surface area is 147 Å². The predicted molar refractivity (Wildman–Crippen MR) is 100 cm³/mol. The summed E-state index contributed by atoms with van der Waals surface area (Å²) in [6.45, 7) is 0.917. The third kappa shape index (κ3) is 3.85. The van der Waals surface area contributed by atoms with Crippen LogP contribution in [0.25, 0.3) is 21.9 Å². The maximum atomic E-state index is 5.50. The number of H-pyrrole nitrogens is 1. The number of ether oxygens (including phenoxy) is 2. The lowest BCUT2D eigenvalue weighted by atomic mass is 9.90. The third-order valence-electron chi connectivity index (χ3n) is 4.82. The van der Waals surface area contributed by atoms with Gasteiger partial charge in [0, 0.05) is 11.5 Å². The van der Waals surface area contributed by atoms with Gasteiger partial charge in [0.05, 0.1) is 43.3 Å². The average molecular weight is 342 g/mol. The van der Waals surface area contributed by atoms with E-state index in [0.717, 1.165) is 34.4 Å². The smallest absolute Gasteiger partial charge is 0.162 e. The summed E-state index contributed by atoms with van der Waals surface area (Å²) in [5, 5.41) is 0.946. The summed E-state index contributed by atoms with van der Waals surface area (Å²) in [6, 6.07) is 3.74. The normalized spacial score (nSPS) is 15.0. The van der Waals surface area contributed by atoms with Crippen LogP contribution in [0.1, 0.15) is 32.1 Å². The van der Waals surface area contributed by atoms with Crippen LogP contribution in [0.5, 0.6) is 11.5 Å². The standard InChI is InChI=1S/C12H11N3O2.C7H15N/c1-16-10-3-7-8(4-11(10)17-2)13-5-9-12(7)15-6-14-9;8-6-7-4-2-1-3-5-7/h3-6H,1-2H3,(H,14,15);7H,1-6,8H2. The van der Waals surface area contributed by atoms with E-state index in [-0.39, 0.29) is 0 Å². The summed E-state index contributed by atoms with van der Waals surface area (Å²) in [5.41, 5.74) is 8.13. The minimum absolute atomic E-state index is 0.669. The van der Waals surface area contributed by atoms with Crippen molar-refractivity contribution in [1.82, 2.24) is 15.0 Å². The van der Waals surface area contributed by atoms with Crippen molar-refractivity contribution in [2.75, 3.05) is 20.8 Å². The second-order valence-electron chi connectivity index (χ2n) is 6.39. The highest BCUT2D eigenvalue weighted by molar-refractivity contribution is 6.02. The molecule has 1 fully saturated rings. The maximum Gasteiger partial charge on any atom is 0.162 e. The van der Waals surface area contributed by atoms with E-state index in [1.807, 2.05) is 12.1 Å². The Morgan fingerprint density at radius 2 is 1.80 bits per heavy atom. The Morgan fingerprint density at radius 1 is 1.08 bits per heavy atom. The minimum atomic E-state index is 0.669. The number of aromatic nitrogens is 3. The number of aromatic amines is 1. The number of nitrogens with zero attached hydrogens (tertiary/aromatic N) is 2. The number of hydrogen-bond acceptors (Lipinski definition) is 5. The summed E-state index contributed by atoms with van der Waals surface area (Å²) in [6.07, 6.45) is 10.5. The van der Waals surface area contributed by atoms with Crippen LogP contribution in [-0.2, 0) is 0 Å². The van der Waals surface area contributed by atoms with Crippen LogP contribution in [0.3, 0.4) is 0 Å². The Balaban J connectivity index is 0.000000192. The molecule has 0 radical (unpaired) electrons. The van der Waals surface area contributed by atoms with Gasteiger partial charge in [-0.15, -0.1) is 0 Å². The van der Waals surface area contributed by atoms with Gasteiger partial charge in [-0.3, -0.25) is 4.98 Å². The van der Waals surface area contributed by atoms with Gasteiger partial charge in [-0.1, -0.05) is 19.3 Å². The first-order valence-corrected chi connectivity index (χ1v) is 8.80. The van der Waals surface area contributed by atoms with E-state index in [1.54, 1.807) is 26.7 Å². The van der Waals surface area contributed by atoms with Crippen molar-refractivity contribution in [2.24, 2.45) is 11.7 Å². The van der Waals surface area contributed by atoms with E-state index in [0.29, 0.717) is 11.5 Å². The third-order valence-corrected chi connectivity index (χ3v) is 4.82. The van der Waals surface area contributed by atoms with Crippen molar-refractivity contribution < 1.29 is 9.47 Å². The van der Waals surface area contributed by atoms with Gasteiger partial charge in [-0.25, -0.2) is 4.98 Å². The molecule has 0 bridgehead atoms. The zero-order chi connectivity index (χ0) is 17.6. The topological polar surface area (TPSA) is 86.0 Å². The number of benzene rings is 1. The molecule has 3 N–H and O–H groups in total. The van der Waals surface area contributed by atoms with Crippen molar-refractivity contribution in [3.63, 3.8) is 0 Å². The van der Waals surface area contributed by atoms with Crippen LogP contribution in [-0.4, -0.2) is 35.7 Å². The van der Waals surface area contributed by atoms with Gasteiger partial charge >= 0.3 is 0 Å². The molecule has 1 aliphatic carbocycles. The summed E-state index contributed by atoms with van der Waals surface area (Å²) in [7, 11) is 3.22. The zero-order valence-electron chi connectivity index (χ0n) is 14.9. The molecule has 0 saturated heterocycles. The predicted octanol–water partition coefficient (Wildman–Crippen LogP) is 3.65. The van der Waals surface area contributed by atoms with Crippen molar-refractivity contribution in [3.8, 4) is 11.5 Å². The number of nitrogens with two attached hydrogens (primary N) is 1. The van der Waals surface area contributed by atoms with Gasteiger partial charge in [0.15, 0.2) is 11.5 Å². The number of hydrogen-bond donors (Lipinski definition) is 2. The number of nitrogens with one attached hydrogen (secondary N) is 1. The van der Waals surface area contributed by atoms with Crippen molar-refractivity contribution in [3.05, 3.63) is 24.7 Å². The second-order valence-corrected chi connectivity index (χ2v) is 6.39. The molecule has 6 nitrogen and oxygen atoms in total. The summed E-state index contributed by atoms with van der Waals surface area (Å²) in [5.74, 6) is 2.21. The number of methoxy groups -OCH3 is 2. The lowest BCUT2D eigenvalue weighted by molar-refractivity contribution is 0.356. The molecular weight excluding hydrogens is 316 g/mol. The SMILES string of the molecule is COc1cc2ncc3[nH]cnc3c2cc1OC.NCC1CCCCC1. The lowest BCUT2D eigenvalue weighted by Gasteiger charge is -2.18. The molecule has 0 aliphatic heterocycles. The molecule has 1 saturated carbocycles. The molecule has 0 spiro atoms. The molecular formula is C19H26N4O2. The van der Waals surface area contributed by atoms with Crippen molar-refractivity contribution >= 4 is 21.9 Å². The molecule has 1 aromatic carbocycles. The highest BCUT2D eigenvalue weighted by Crippen LogP contribution is 2.33. The molecule has 3 aromatic rings. The van der Waals surface area contributed by atoms with E-state index in [9.17, 15) is 0 Å². The largest absolute Gasteiger partial charge is 0.493 e. The number of pyridine rings is 1. The van der Waals surface area contributed by atoms with Crippen molar-refractivity contribution in [1.29, 1.82) is 0 Å². The fourth-order valence-corrected chi connectivity index (χ4v) is 3.34. The Kier molecular flexibility index (Phi) is 5.71. The van der Waals surface area contributed by atoms with E-state index in [4.69, 9.17) is 15.2 Å². The van der Waals surface area contributed by atoms with Crippen LogP contribution in [0.4, 0.5) is 0 Å². The van der Waals surface area contributed by atoms with E-state index >= 15 is 0 Å². The van der Waals surface area contributed by atoms with E-state index < -0.39 is 0 Å². The fourth-order valence-electron chi connectivity index (χ4n) is 3.34. The first-order valence-electron chi connectivity index (χ1n) is 8.80. The first-order chi connectivity index (χ1) is 12.3. The van der Waals surface area contributed by atoms with Crippen LogP contribution in [0.15, 0.2) is 24.7 Å². The molecule has 0 unspecified atom stereocenters. The van der Waals surface area contributed by atoms with E-state index in [2.05, 4.69) is 15.0 Å². The van der Waals surface area contributed by atoms with Crippen LogP contribution in [0.2, 0.25) is 0 Å². The maximum absolute atomic E-state index is 5.50. The molecule has 1 aliphatic rings. The Hall–Kier alpha value is -2.34. The Morgan fingerprint density at radius 3 is 2.44 bits per heavy atom. The zero-order valence-corrected chi connectivity index (χ0v) is 14.9. The highest BCUT2D eigenvalue weighted by Gasteiger charge is 2.11. The average Bonchev–Trinajstić information content (AvgIpc) is 3.17. The summed E-state index contributed by atoms with van der Waals surface area (Å²) < 4.78 is 10.5. The summed E-state index contributed by atoms with van der Waals surface area (Å²) >= 11 is 0. The first kappa shape index (κ1) is 17.5. The van der Waals surface area contributed by atoms with Gasteiger partial charge in [0.2, 0.25) is 0 Å². The van der Waals surface area contributed by atoms with Gasteiger partial charge in [0.25, 0.3) is 0 Å². The van der Waals surface area contributed by atoms with Crippen LogP contribution in [0, 0.1) is 5.92 Å². The minimum Gasteiger partial charge on any atom is -0.493 e. The molecule has 4 rings (SSSR count). The number of fused-ring (bicyclic) bond motifs is 3. The number of imidazole rings is 1. The summed E-state index contributed by atoms with van der Waals surface area (Å²) in [4.78, 5) is 11.7.